The van der Waals surface area contributed by atoms with Crippen LogP contribution < -0.4 is 4.90 Å². The Bertz CT molecular complexity index is 1290. The Labute approximate surface area is 219 Å². The molecule has 35 heavy (non-hydrogen) atoms. The lowest BCUT2D eigenvalue weighted by atomic mass is 10.1. The van der Waals surface area contributed by atoms with Crippen molar-refractivity contribution in [3.8, 4) is 0 Å². The lowest BCUT2D eigenvalue weighted by molar-refractivity contribution is 0.0986. The Balaban J connectivity index is 1.60. The minimum Gasteiger partial charge on any atom is -0.309 e. The Morgan fingerprint density at radius 1 is 1.14 bits per heavy atom. The van der Waals surface area contributed by atoms with Gasteiger partial charge >= 0.3 is 0 Å². The number of halogens is 1. The summed E-state index contributed by atoms with van der Waals surface area (Å²) in [6.45, 7) is 3.85. The van der Waals surface area contributed by atoms with Crippen LogP contribution in [0.5, 0.6) is 0 Å². The number of rotatable bonds is 8. The molecular weight excluding hydrogens is 548 g/mol. The zero-order chi connectivity index (χ0) is 25.2. The van der Waals surface area contributed by atoms with Gasteiger partial charge in [0.05, 0.1) is 15.1 Å². The summed E-state index contributed by atoms with van der Waals surface area (Å²) in [6, 6.07) is 12.2. The largest absolute Gasteiger partial charge is 0.309 e. The number of anilines is 1. The molecule has 2 aromatic carbocycles. The van der Waals surface area contributed by atoms with Crippen molar-refractivity contribution in [2.75, 3.05) is 38.6 Å². The van der Waals surface area contributed by atoms with Crippen LogP contribution in [0.3, 0.4) is 0 Å². The summed E-state index contributed by atoms with van der Waals surface area (Å²) in [7, 11) is 0.424. The van der Waals surface area contributed by atoms with Crippen LogP contribution in [0.15, 0.2) is 51.8 Å². The van der Waals surface area contributed by atoms with E-state index >= 15 is 0 Å². The van der Waals surface area contributed by atoms with Crippen LogP contribution in [0.1, 0.15) is 43.0 Å². The monoisotopic (exact) mass is 578 g/mol. The number of fused-ring (bicyclic) bond motifs is 1. The van der Waals surface area contributed by atoms with Crippen molar-refractivity contribution in [3.05, 3.63) is 52.5 Å². The van der Waals surface area contributed by atoms with Crippen LogP contribution >= 0.6 is 27.3 Å². The highest BCUT2D eigenvalue weighted by Crippen LogP contribution is 2.32. The molecule has 10 heteroatoms. The molecule has 0 spiro atoms. The standard InChI is InChI=1S/C25H31BrN4O3S2/c1-18-7-4-5-16-30(18)35(32,33)21-11-8-19(9-12-21)24(31)29(15-6-14-28(2)3)25-27-22-13-10-20(26)17-23(22)34-25/h8-13,17-18H,4-7,14-16H2,1-3H3/t18-/m0/s1. The van der Waals surface area contributed by atoms with E-state index in [0.717, 1.165) is 46.9 Å². The highest BCUT2D eigenvalue weighted by atomic mass is 79.9. The first-order valence-electron chi connectivity index (χ1n) is 11.8. The molecule has 4 rings (SSSR count). The Hall–Kier alpha value is -1.85. The molecule has 1 atom stereocenters. The lowest BCUT2D eigenvalue weighted by Gasteiger charge is -2.32. The van der Waals surface area contributed by atoms with E-state index in [1.165, 1.54) is 11.3 Å². The van der Waals surface area contributed by atoms with E-state index < -0.39 is 10.0 Å². The molecule has 7 nitrogen and oxygen atoms in total. The van der Waals surface area contributed by atoms with Crippen molar-refractivity contribution in [3.63, 3.8) is 0 Å². The molecule has 1 aliphatic rings. The summed E-state index contributed by atoms with van der Waals surface area (Å²) in [5, 5.41) is 0.640. The fourth-order valence-corrected chi connectivity index (χ4v) is 7.56. The van der Waals surface area contributed by atoms with Crippen molar-refractivity contribution in [2.45, 2.75) is 43.5 Å². The second-order valence-corrected chi connectivity index (χ2v) is 13.0. The molecule has 1 aliphatic heterocycles. The first kappa shape index (κ1) is 26.2. The third-order valence-electron chi connectivity index (χ3n) is 6.25. The second kappa shape index (κ2) is 11.0. The molecule has 1 fully saturated rings. The average Bonchev–Trinajstić information content (AvgIpc) is 3.24. The van der Waals surface area contributed by atoms with Gasteiger partial charge in [0.25, 0.3) is 5.91 Å². The van der Waals surface area contributed by atoms with Gasteiger partial charge in [0, 0.05) is 29.2 Å². The fraction of sp³-hybridized carbons (Fsp3) is 0.440. The molecule has 0 saturated carbocycles. The van der Waals surface area contributed by atoms with Crippen LogP contribution in [0.4, 0.5) is 5.13 Å². The van der Waals surface area contributed by atoms with Crippen molar-refractivity contribution < 1.29 is 13.2 Å². The number of carbonyl (C=O) groups is 1. The number of piperidine rings is 1. The molecular formula is C25H31BrN4O3S2. The highest BCUT2D eigenvalue weighted by Gasteiger charge is 2.31. The molecule has 0 bridgehead atoms. The molecule has 188 valence electrons. The van der Waals surface area contributed by atoms with E-state index in [2.05, 4.69) is 20.8 Å². The average molecular weight is 580 g/mol. The van der Waals surface area contributed by atoms with Gasteiger partial charge in [-0.15, -0.1) is 0 Å². The first-order valence-corrected chi connectivity index (χ1v) is 14.9. The van der Waals surface area contributed by atoms with E-state index in [1.54, 1.807) is 33.5 Å². The maximum absolute atomic E-state index is 13.6. The quantitative estimate of drug-likeness (QED) is 0.366. The number of hydrogen-bond acceptors (Lipinski definition) is 6. The van der Waals surface area contributed by atoms with E-state index in [0.29, 0.717) is 23.8 Å². The van der Waals surface area contributed by atoms with Gasteiger partial charge in [-0.05, 0) is 89.3 Å². The van der Waals surface area contributed by atoms with Crippen LogP contribution in [-0.4, -0.2) is 68.3 Å². The van der Waals surface area contributed by atoms with Crippen molar-refractivity contribution >= 4 is 58.5 Å². The summed E-state index contributed by atoms with van der Waals surface area (Å²) in [4.78, 5) is 22.3. The second-order valence-electron chi connectivity index (χ2n) is 9.21. The predicted molar refractivity (Wildman–Crippen MR) is 146 cm³/mol. The third kappa shape index (κ3) is 5.94. The van der Waals surface area contributed by atoms with E-state index in [1.807, 2.05) is 39.2 Å². The Morgan fingerprint density at radius 3 is 2.57 bits per heavy atom. The number of sulfonamides is 1. The van der Waals surface area contributed by atoms with E-state index in [9.17, 15) is 13.2 Å². The van der Waals surface area contributed by atoms with E-state index in [4.69, 9.17) is 4.98 Å². The van der Waals surface area contributed by atoms with Gasteiger partial charge in [-0.3, -0.25) is 9.69 Å². The summed E-state index contributed by atoms with van der Waals surface area (Å²) < 4.78 is 29.9. The first-order chi connectivity index (χ1) is 16.7. The number of amides is 1. The fourth-order valence-electron chi connectivity index (χ4n) is 4.32. The maximum atomic E-state index is 13.6. The number of nitrogens with zero attached hydrogens (tertiary/aromatic N) is 4. The van der Waals surface area contributed by atoms with Crippen LogP contribution in [0.25, 0.3) is 10.2 Å². The van der Waals surface area contributed by atoms with Crippen molar-refractivity contribution in [1.29, 1.82) is 0 Å². The molecule has 0 aliphatic carbocycles. The van der Waals surface area contributed by atoms with Crippen LogP contribution in [0, 0.1) is 0 Å². The van der Waals surface area contributed by atoms with Gasteiger partial charge in [-0.1, -0.05) is 33.7 Å². The smallest absolute Gasteiger partial charge is 0.260 e. The number of hydrogen-bond donors (Lipinski definition) is 0. The predicted octanol–water partition coefficient (Wildman–Crippen LogP) is 5.22. The van der Waals surface area contributed by atoms with Gasteiger partial charge in [-0.2, -0.15) is 4.31 Å². The van der Waals surface area contributed by atoms with Gasteiger partial charge in [-0.25, -0.2) is 13.4 Å². The Kier molecular flexibility index (Phi) is 8.27. The normalized spacial score (nSPS) is 17.2. The Morgan fingerprint density at radius 2 is 1.89 bits per heavy atom. The molecule has 1 aromatic heterocycles. The molecule has 0 N–H and O–H groups in total. The van der Waals surface area contributed by atoms with Gasteiger partial charge in [0.15, 0.2) is 5.13 Å². The summed E-state index contributed by atoms with van der Waals surface area (Å²) in [6.07, 6.45) is 3.59. The highest BCUT2D eigenvalue weighted by molar-refractivity contribution is 9.10. The van der Waals surface area contributed by atoms with E-state index in [-0.39, 0.29) is 16.8 Å². The zero-order valence-electron chi connectivity index (χ0n) is 20.3. The summed E-state index contributed by atoms with van der Waals surface area (Å²) in [5.74, 6) is -0.183. The van der Waals surface area contributed by atoms with Gasteiger partial charge in [0.2, 0.25) is 10.0 Å². The van der Waals surface area contributed by atoms with Crippen molar-refractivity contribution in [1.82, 2.24) is 14.2 Å². The van der Waals surface area contributed by atoms with Gasteiger partial charge < -0.3 is 4.90 Å². The number of benzene rings is 2. The molecule has 0 unspecified atom stereocenters. The molecule has 1 saturated heterocycles. The summed E-state index contributed by atoms with van der Waals surface area (Å²) >= 11 is 4.97. The number of aromatic nitrogens is 1. The maximum Gasteiger partial charge on any atom is 0.260 e. The molecule has 1 amide bonds. The molecule has 0 radical (unpaired) electrons. The molecule has 2 heterocycles. The number of thiazole rings is 1. The van der Waals surface area contributed by atoms with Crippen LogP contribution in [0.2, 0.25) is 0 Å². The molecule has 3 aromatic rings. The third-order valence-corrected chi connectivity index (χ3v) is 9.81. The van der Waals surface area contributed by atoms with Gasteiger partial charge in [0.1, 0.15) is 0 Å². The lowest BCUT2D eigenvalue weighted by Crippen LogP contribution is -2.41. The SMILES string of the molecule is C[C@H]1CCCCN1S(=O)(=O)c1ccc(C(=O)N(CCCN(C)C)c2nc3ccc(Br)cc3s2)cc1. The number of carbonyl (C=O) groups excluding carboxylic acids is 1. The topological polar surface area (TPSA) is 73.8 Å². The minimum atomic E-state index is -3.58. The van der Waals surface area contributed by atoms with Crippen molar-refractivity contribution in [2.24, 2.45) is 0 Å². The zero-order valence-corrected chi connectivity index (χ0v) is 23.5. The minimum absolute atomic E-state index is 0.0127. The summed E-state index contributed by atoms with van der Waals surface area (Å²) in [5.41, 5.74) is 1.29. The van der Waals surface area contributed by atoms with Crippen LogP contribution in [-0.2, 0) is 10.0 Å².